The molecule has 0 unspecified atom stereocenters. The van der Waals surface area contributed by atoms with Crippen molar-refractivity contribution in [3.05, 3.63) is 0 Å². The van der Waals surface area contributed by atoms with Crippen LogP contribution in [0.2, 0.25) is 0 Å². The Morgan fingerprint density at radius 2 is 1.60 bits per heavy atom. The fourth-order valence-corrected chi connectivity index (χ4v) is 5.22. The Kier molecular flexibility index (Phi) is 1.59. The lowest BCUT2D eigenvalue weighted by molar-refractivity contribution is -0.614. The van der Waals surface area contributed by atoms with Gasteiger partial charge in [0.25, 0.3) is 0 Å². The predicted octanol–water partition coefficient (Wildman–Crippen LogP) is 1.60. The van der Waals surface area contributed by atoms with Gasteiger partial charge in [0.05, 0.1) is 0 Å². The van der Waals surface area contributed by atoms with Crippen molar-refractivity contribution >= 4 is 6.34 Å². The Morgan fingerprint density at radius 3 is 2.07 bits per heavy atom. The van der Waals surface area contributed by atoms with Crippen molar-refractivity contribution in [2.24, 2.45) is 17.8 Å². The van der Waals surface area contributed by atoms with Crippen LogP contribution in [0.15, 0.2) is 0 Å². The normalized spacial score (nSPS) is 51.7. The van der Waals surface area contributed by atoms with E-state index < -0.39 is 0 Å². The van der Waals surface area contributed by atoms with Gasteiger partial charge in [0.15, 0.2) is 0 Å². The van der Waals surface area contributed by atoms with E-state index in [2.05, 4.69) is 16.2 Å². The summed E-state index contributed by atoms with van der Waals surface area (Å²) in [7, 11) is 0. The highest BCUT2D eigenvalue weighted by Gasteiger charge is 2.55. The second kappa shape index (κ2) is 2.78. The second-order valence-corrected chi connectivity index (χ2v) is 6.42. The van der Waals surface area contributed by atoms with E-state index in [-0.39, 0.29) is 0 Å². The Bertz CT molecular complexity index is 283. The first kappa shape index (κ1) is 8.60. The Morgan fingerprint density at radius 1 is 1.00 bits per heavy atom. The highest BCUT2D eigenvalue weighted by Crippen LogP contribution is 2.56. The molecule has 82 valence electrons. The van der Waals surface area contributed by atoms with Gasteiger partial charge in [-0.05, 0) is 56.3 Å². The molecule has 0 radical (unpaired) electrons. The van der Waals surface area contributed by atoms with Crippen LogP contribution in [0.5, 0.6) is 0 Å². The molecule has 15 heavy (non-hydrogen) atoms. The molecule has 2 nitrogen and oxygen atoms in total. The average Bonchev–Trinajstić information content (AvgIpc) is 2.67. The lowest BCUT2D eigenvalue weighted by Crippen LogP contribution is -2.56. The van der Waals surface area contributed by atoms with Gasteiger partial charge in [-0.2, -0.15) is 0 Å². The van der Waals surface area contributed by atoms with Gasteiger partial charge < -0.3 is 0 Å². The fraction of sp³-hybridized carbons (Fsp3) is 0.923. The first-order chi connectivity index (χ1) is 7.34. The summed E-state index contributed by atoms with van der Waals surface area (Å²) in [6.45, 7) is 2.42. The van der Waals surface area contributed by atoms with E-state index in [4.69, 9.17) is 0 Å². The second-order valence-electron chi connectivity index (χ2n) is 6.42. The van der Waals surface area contributed by atoms with Crippen molar-refractivity contribution in [3.63, 3.8) is 0 Å². The van der Waals surface area contributed by atoms with Crippen molar-refractivity contribution in [2.75, 3.05) is 13.1 Å². The molecular formula is C13H21N2+. The molecule has 4 aliphatic carbocycles. The van der Waals surface area contributed by atoms with E-state index >= 15 is 0 Å². The molecule has 0 aromatic carbocycles. The largest absolute Gasteiger partial charge is 0.277 e. The summed E-state index contributed by atoms with van der Waals surface area (Å²) in [6.07, 6.45) is 11.4. The van der Waals surface area contributed by atoms with E-state index in [9.17, 15) is 0 Å². The van der Waals surface area contributed by atoms with Gasteiger partial charge in [-0.15, -0.1) is 0 Å². The van der Waals surface area contributed by atoms with Crippen LogP contribution in [-0.2, 0) is 0 Å². The molecule has 1 N–H and O–H groups in total. The Labute approximate surface area is 91.8 Å². The van der Waals surface area contributed by atoms with Crippen LogP contribution in [0.1, 0.15) is 38.5 Å². The maximum absolute atomic E-state index is 3.40. The number of rotatable bonds is 1. The summed E-state index contributed by atoms with van der Waals surface area (Å²) in [6, 6.07) is 0. The number of hydrogen-bond acceptors (Lipinski definition) is 1. The molecule has 4 bridgehead atoms. The Hall–Kier alpha value is -0.530. The number of nitrogens with one attached hydrogen (secondary N) is 1. The predicted molar refractivity (Wildman–Crippen MR) is 60.1 cm³/mol. The molecule has 5 aliphatic rings. The monoisotopic (exact) mass is 205 g/mol. The van der Waals surface area contributed by atoms with Crippen LogP contribution in [0.25, 0.3) is 0 Å². The summed E-state index contributed by atoms with van der Waals surface area (Å²) in [5.41, 5.74) is 0.595. The smallest absolute Gasteiger partial charge is 0.232 e. The van der Waals surface area contributed by atoms with Crippen molar-refractivity contribution < 1.29 is 4.58 Å². The van der Waals surface area contributed by atoms with E-state index in [1.807, 2.05) is 0 Å². The van der Waals surface area contributed by atoms with Crippen LogP contribution >= 0.6 is 0 Å². The quantitative estimate of drug-likeness (QED) is 0.643. The van der Waals surface area contributed by atoms with Gasteiger partial charge >= 0.3 is 0 Å². The minimum absolute atomic E-state index is 0.595. The van der Waals surface area contributed by atoms with Crippen molar-refractivity contribution in [1.82, 2.24) is 5.32 Å². The molecule has 1 heterocycles. The SMILES string of the molecule is C1=[N+](C23CC4CC(CC(C4)C2)C3)CCN1. The summed E-state index contributed by atoms with van der Waals surface area (Å²) >= 11 is 0. The summed E-state index contributed by atoms with van der Waals surface area (Å²) in [5, 5.41) is 3.40. The van der Waals surface area contributed by atoms with Crippen molar-refractivity contribution in [1.29, 1.82) is 0 Å². The van der Waals surface area contributed by atoms with Gasteiger partial charge in [-0.25, -0.2) is 0 Å². The lowest BCUT2D eigenvalue weighted by Gasteiger charge is -2.55. The number of hydrogen-bond donors (Lipinski definition) is 1. The third-order valence-corrected chi connectivity index (χ3v) is 5.36. The molecule has 0 spiro atoms. The van der Waals surface area contributed by atoms with E-state index in [0.29, 0.717) is 5.54 Å². The fourth-order valence-electron chi connectivity index (χ4n) is 5.22. The Balaban J connectivity index is 1.71. The third-order valence-electron chi connectivity index (χ3n) is 5.36. The van der Waals surface area contributed by atoms with E-state index in [1.54, 1.807) is 19.3 Å². The van der Waals surface area contributed by atoms with Gasteiger partial charge in [0, 0.05) is 0 Å². The summed E-state index contributed by atoms with van der Waals surface area (Å²) in [4.78, 5) is 0. The third kappa shape index (κ3) is 1.14. The molecule has 0 atom stereocenters. The van der Waals surface area contributed by atoms with Gasteiger partial charge in [-0.3, -0.25) is 9.89 Å². The minimum atomic E-state index is 0.595. The van der Waals surface area contributed by atoms with Crippen LogP contribution in [0, 0.1) is 17.8 Å². The van der Waals surface area contributed by atoms with Gasteiger partial charge in [0.1, 0.15) is 18.6 Å². The van der Waals surface area contributed by atoms with Gasteiger partial charge in [-0.1, -0.05) is 0 Å². The molecule has 4 fully saturated rings. The van der Waals surface area contributed by atoms with Crippen LogP contribution in [0.3, 0.4) is 0 Å². The molecule has 0 aromatic rings. The zero-order chi connectivity index (χ0) is 9.88. The topological polar surface area (TPSA) is 15.0 Å². The highest BCUT2D eigenvalue weighted by molar-refractivity contribution is 5.49. The molecule has 0 amide bonds. The number of nitrogens with zero attached hydrogens (tertiary/aromatic N) is 1. The van der Waals surface area contributed by atoms with Crippen LogP contribution in [-0.4, -0.2) is 29.5 Å². The molecule has 0 saturated heterocycles. The molecule has 4 saturated carbocycles. The molecule has 5 rings (SSSR count). The van der Waals surface area contributed by atoms with Crippen molar-refractivity contribution in [3.8, 4) is 0 Å². The van der Waals surface area contributed by atoms with Crippen molar-refractivity contribution in [2.45, 2.75) is 44.1 Å². The zero-order valence-electron chi connectivity index (χ0n) is 9.41. The van der Waals surface area contributed by atoms with Crippen LogP contribution < -0.4 is 5.32 Å². The standard InChI is InChI=1S/C13H20N2/c1-2-15(9-14-1)13-6-10-3-11(7-13)5-12(4-10)8-13/h9-12H,1-8H2/p+1. The molecule has 2 heteroatoms. The minimum Gasteiger partial charge on any atom is -0.277 e. The summed E-state index contributed by atoms with van der Waals surface area (Å²) < 4.78 is 2.66. The van der Waals surface area contributed by atoms with E-state index in [0.717, 1.165) is 17.8 Å². The lowest BCUT2D eigenvalue weighted by atomic mass is 9.53. The highest BCUT2D eigenvalue weighted by atomic mass is 15.2. The molecular weight excluding hydrogens is 184 g/mol. The zero-order valence-corrected chi connectivity index (χ0v) is 9.41. The molecule has 1 aliphatic heterocycles. The summed E-state index contributed by atoms with van der Waals surface area (Å²) in [5.74, 6) is 3.22. The van der Waals surface area contributed by atoms with Crippen LogP contribution in [0.4, 0.5) is 0 Å². The first-order valence-corrected chi connectivity index (χ1v) is 6.68. The maximum atomic E-state index is 3.40. The maximum Gasteiger partial charge on any atom is 0.232 e. The molecule has 0 aromatic heterocycles. The first-order valence-electron chi connectivity index (χ1n) is 6.68. The average molecular weight is 205 g/mol. The van der Waals surface area contributed by atoms with Gasteiger partial charge in [0.2, 0.25) is 6.34 Å². The van der Waals surface area contributed by atoms with E-state index in [1.165, 1.54) is 32.4 Å².